The zero-order valence-electron chi connectivity index (χ0n) is 57.9. The second-order valence-electron chi connectivity index (χ2n) is 29.2. The van der Waals surface area contributed by atoms with Crippen molar-refractivity contribution in [2.75, 3.05) is 0 Å². The first kappa shape index (κ1) is 79.0. The summed E-state index contributed by atoms with van der Waals surface area (Å²) in [4.78, 5) is 24.3. The minimum atomic E-state index is -0.796. The van der Waals surface area contributed by atoms with Crippen LogP contribution in [0.1, 0.15) is 464 Å². The first-order valence-corrected chi connectivity index (χ1v) is 39.9. The summed E-state index contributed by atoms with van der Waals surface area (Å²) in [7, 11) is 0. The molecule has 0 radical (unpaired) electrons. The van der Waals surface area contributed by atoms with Crippen LogP contribution in [0.3, 0.4) is 0 Å². The highest BCUT2D eigenvalue weighted by Gasteiger charge is 2.36. The fourth-order valence-electron chi connectivity index (χ4n) is 14.9. The molecule has 2 rings (SSSR count). The van der Waals surface area contributed by atoms with Crippen LogP contribution in [0.4, 0.5) is 0 Å². The number of unbranched alkanes of at least 4 members (excludes halogenated alkanes) is 57. The van der Waals surface area contributed by atoms with Crippen molar-refractivity contribution in [3.63, 3.8) is 0 Å². The molecule has 4 nitrogen and oxygen atoms in total. The van der Waals surface area contributed by atoms with E-state index in [-0.39, 0.29) is 5.97 Å². The molecule has 0 spiro atoms. The van der Waals surface area contributed by atoms with Crippen molar-refractivity contribution in [1.82, 2.24) is 0 Å². The second-order valence-corrected chi connectivity index (χ2v) is 29.2. The Morgan fingerprint density at radius 2 is 0.464 bits per heavy atom. The smallest absolute Gasteiger partial charge is 0.310 e. The van der Waals surface area contributed by atoms with Gasteiger partial charge in [0, 0.05) is 6.92 Å². The van der Waals surface area contributed by atoms with E-state index in [1.165, 1.54) is 392 Å². The predicted octanol–water partition coefficient (Wildman–Crippen LogP) is 28.1. The van der Waals surface area contributed by atoms with Gasteiger partial charge in [-0.05, 0) is 55.8 Å². The van der Waals surface area contributed by atoms with E-state index in [4.69, 9.17) is 4.74 Å². The van der Waals surface area contributed by atoms with E-state index < -0.39 is 18.0 Å². The Morgan fingerprint density at radius 1 is 0.286 bits per heavy atom. The number of carbonyl (C=O) groups is 2. The van der Waals surface area contributed by atoms with Crippen molar-refractivity contribution in [3.05, 3.63) is 0 Å². The van der Waals surface area contributed by atoms with Crippen LogP contribution >= 0.6 is 0 Å². The van der Waals surface area contributed by atoms with Gasteiger partial charge in [-0.3, -0.25) is 9.59 Å². The Bertz CT molecular complexity index is 1340. The number of carbonyl (C=O) groups excluding carboxylic acids is 1. The Kier molecular flexibility index (Phi) is 58.5. The second kappa shape index (κ2) is 62.1. The third-order valence-corrected chi connectivity index (χ3v) is 21.0. The zero-order chi connectivity index (χ0) is 60.1. The molecule has 2 fully saturated rings. The van der Waals surface area contributed by atoms with Crippen molar-refractivity contribution in [2.24, 2.45) is 29.6 Å². The van der Waals surface area contributed by atoms with Crippen LogP contribution in [0.2, 0.25) is 0 Å². The van der Waals surface area contributed by atoms with Crippen LogP contribution in [0, 0.1) is 29.6 Å². The monoisotopic (exact) mass is 1180 g/mol. The van der Waals surface area contributed by atoms with Crippen molar-refractivity contribution in [3.8, 4) is 0 Å². The summed E-state index contributed by atoms with van der Waals surface area (Å²) in [5, 5.41) is 10.1. The van der Waals surface area contributed by atoms with E-state index in [9.17, 15) is 14.7 Å². The Labute approximate surface area is 528 Å². The molecule has 2 saturated carbocycles. The van der Waals surface area contributed by atoms with Crippen molar-refractivity contribution < 1.29 is 19.4 Å². The summed E-state index contributed by atoms with van der Waals surface area (Å²) in [6.45, 7) is 6.04. The highest BCUT2D eigenvalue weighted by Crippen LogP contribution is 2.47. The molecule has 0 aromatic heterocycles. The van der Waals surface area contributed by atoms with Crippen LogP contribution < -0.4 is 0 Å². The van der Waals surface area contributed by atoms with Gasteiger partial charge >= 0.3 is 11.9 Å². The Morgan fingerprint density at radius 3 is 0.655 bits per heavy atom. The van der Waals surface area contributed by atoms with Gasteiger partial charge < -0.3 is 9.84 Å². The Hall–Kier alpha value is -1.06. The number of hydrogen-bond acceptors (Lipinski definition) is 3. The molecule has 0 unspecified atom stereocenters. The van der Waals surface area contributed by atoms with Crippen molar-refractivity contribution in [1.29, 1.82) is 0 Å². The molecule has 0 amide bonds. The fraction of sp³-hybridized carbons (Fsp3) is 0.975. The molecule has 0 aliphatic heterocycles. The molecule has 2 aliphatic rings. The van der Waals surface area contributed by atoms with Gasteiger partial charge in [0.1, 0.15) is 6.10 Å². The van der Waals surface area contributed by atoms with Gasteiger partial charge in [-0.15, -0.1) is 0 Å². The van der Waals surface area contributed by atoms with Crippen LogP contribution in [-0.4, -0.2) is 23.1 Å². The highest BCUT2D eigenvalue weighted by molar-refractivity contribution is 5.72. The van der Waals surface area contributed by atoms with Gasteiger partial charge in [-0.1, -0.05) is 425 Å². The molecule has 0 saturated heterocycles. The van der Waals surface area contributed by atoms with Gasteiger partial charge in [0.2, 0.25) is 0 Å². The largest absolute Gasteiger partial charge is 0.481 e. The predicted molar refractivity (Wildman–Crippen MR) is 371 cm³/mol. The van der Waals surface area contributed by atoms with E-state index in [2.05, 4.69) is 13.8 Å². The van der Waals surface area contributed by atoms with Crippen molar-refractivity contribution in [2.45, 2.75) is 470 Å². The minimum absolute atomic E-state index is 0.342. The maximum absolute atomic E-state index is 12.3. The quantitative estimate of drug-likeness (QED) is 0.0487. The molecule has 0 aromatic carbocycles. The maximum Gasteiger partial charge on any atom is 0.310 e. The molecule has 2 aliphatic carbocycles. The summed E-state index contributed by atoms with van der Waals surface area (Å²) < 4.78 is 5.65. The van der Waals surface area contributed by atoms with E-state index in [0.29, 0.717) is 12.8 Å². The third kappa shape index (κ3) is 53.9. The lowest BCUT2D eigenvalue weighted by Gasteiger charge is -2.24. The molecule has 0 bridgehead atoms. The first-order valence-electron chi connectivity index (χ1n) is 39.9. The lowest BCUT2D eigenvalue weighted by atomic mass is 9.91. The number of ether oxygens (including phenoxy) is 1. The van der Waals surface area contributed by atoms with Crippen LogP contribution in [0.5, 0.6) is 0 Å². The van der Waals surface area contributed by atoms with Gasteiger partial charge in [0.25, 0.3) is 0 Å². The van der Waals surface area contributed by atoms with E-state index >= 15 is 0 Å². The van der Waals surface area contributed by atoms with E-state index in [1.54, 1.807) is 19.3 Å². The molecule has 498 valence electrons. The molecular formula is C80H154O4. The molecule has 4 heteroatoms. The molecular weight excluding hydrogens is 1020 g/mol. The van der Waals surface area contributed by atoms with Gasteiger partial charge in [-0.25, -0.2) is 0 Å². The number of aliphatic carboxylic acids is 1. The standard InChI is InChI=1S/C80H154O4/c1-4-6-8-10-12-14-16-18-20-22-24-25-26-27-29-31-33-39-45-51-57-63-69-78(80(82)83)79(84-73(3)81)70-64-58-52-46-40-44-50-56-62-68-77-72-76(77)67-61-55-49-43-38-35-34-37-42-48-54-60-66-75-71-74(75)65-59-53-47-41-36-32-30-28-23-21-19-17-15-13-11-9-7-5-2/h74-79H,4-72H2,1-3H3,(H,82,83)/t74-,75+,76-,77+,78-,79-/m1/s1. The number of hydrogen-bond donors (Lipinski definition) is 1. The van der Waals surface area contributed by atoms with E-state index in [1.807, 2.05) is 0 Å². The summed E-state index contributed by atoms with van der Waals surface area (Å²) >= 11 is 0. The minimum Gasteiger partial charge on any atom is -0.481 e. The normalized spacial score (nSPS) is 17.3. The lowest BCUT2D eigenvalue weighted by molar-refractivity contribution is -0.158. The third-order valence-electron chi connectivity index (χ3n) is 21.0. The number of carboxylic acid groups (broad SMARTS) is 1. The lowest BCUT2D eigenvalue weighted by Crippen LogP contribution is -2.32. The van der Waals surface area contributed by atoms with Gasteiger partial charge in [0.05, 0.1) is 5.92 Å². The highest BCUT2D eigenvalue weighted by atomic mass is 16.5. The molecule has 84 heavy (non-hydrogen) atoms. The first-order chi connectivity index (χ1) is 41.5. The van der Waals surface area contributed by atoms with Gasteiger partial charge in [-0.2, -0.15) is 0 Å². The zero-order valence-corrected chi connectivity index (χ0v) is 57.9. The summed E-state index contributed by atoms with van der Waals surface area (Å²) in [6.07, 6.45) is 95.6. The topological polar surface area (TPSA) is 63.6 Å². The summed E-state index contributed by atoms with van der Waals surface area (Å²) in [6, 6.07) is 0. The van der Waals surface area contributed by atoms with Crippen molar-refractivity contribution >= 4 is 11.9 Å². The summed E-state index contributed by atoms with van der Waals surface area (Å²) in [5.74, 6) is 2.61. The van der Waals surface area contributed by atoms with Gasteiger partial charge in [0.15, 0.2) is 0 Å². The fourth-order valence-corrected chi connectivity index (χ4v) is 14.9. The average molecular weight is 1180 g/mol. The molecule has 0 aromatic rings. The molecule has 6 atom stereocenters. The number of rotatable bonds is 72. The van der Waals surface area contributed by atoms with E-state index in [0.717, 1.165) is 49.4 Å². The number of esters is 1. The van der Waals surface area contributed by atoms with Crippen LogP contribution in [-0.2, 0) is 14.3 Å². The summed E-state index contributed by atoms with van der Waals surface area (Å²) in [5.41, 5.74) is 0. The van der Waals surface area contributed by atoms with Crippen LogP contribution in [0.25, 0.3) is 0 Å². The number of carboxylic acids is 1. The maximum atomic E-state index is 12.3. The molecule has 0 heterocycles. The SMILES string of the molecule is CCCCCCCCCCCCCCCCCCCCCCCC[C@@H](C(=O)O)[C@@H](CCCCCCCCCCC[C@H]1C[C@H]1CCCCCCCCCCCCCC[C@H]1C[C@H]1CCCCCCCCCCCCCCCCCCCC)OC(C)=O. The molecule has 1 N–H and O–H groups in total. The Balaban J connectivity index is 1.25. The average Bonchev–Trinajstić information content (AvgIpc) is 4.58. The van der Waals surface area contributed by atoms with Crippen LogP contribution in [0.15, 0.2) is 0 Å².